The van der Waals surface area contributed by atoms with Crippen LogP contribution >= 0.6 is 11.3 Å². The average molecular weight is 244 g/mol. The third-order valence-corrected chi connectivity index (χ3v) is 3.90. The van der Waals surface area contributed by atoms with Gasteiger partial charge in [0.15, 0.2) is 5.78 Å². The molecular weight excluding hydrogens is 228 g/mol. The van der Waals surface area contributed by atoms with E-state index in [9.17, 15) is 4.79 Å². The van der Waals surface area contributed by atoms with Crippen LogP contribution in [-0.2, 0) is 0 Å². The first-order valence-corrected chi connectivity index (χ1v) is 6.75. The Morgan fingerprint density at radius 2 is 1.94 bits per heavy atom. The predicted molar refractivity (Wildman–Crippen MR) is 72.9 cm³/mol. The highest BCUT2D eigenvalue weighted by atomic mass is 32.1. The lowest BCUT2D eigenvalue weighted by atomic mass is 9.89. The number of benzene rings is 1. The minimum Gasteiger partial charge on any atom is -0.293 e. The number of aryl methyl sites for hydroxylation is 1. The van der Waals surface area contributed by atoms with Crippen molar-refractivity contribution in [3.05, 3.63) is 57.8 Å². The third kappa shape index (κ3) is 2.47. The largest absolute Gasteiger partial charge is 0.293 e. The molecule has 0 aliphatic carbocycles. The summed E-state index contributed by atoms with van der Waals surface area (Å²) in [4.78, 5) is 13.6. The van der Waals surface area contributed by atoms with Crippen molar-refractivity contribution in [1.82, 2.24) is 0 Å². The fourth-order valence-corrected chi connectivity index (χ4v) is 2.79. The molecule has 88 valence electrons. The molecule has 1 atom stereocenters. The standard InChI is InChI=1S/C15H16OS/c1-3-13(12-7-5-4-6-8-12)15(16)14-9-10-17-11(14)2/h4-10,13H,3H2,1-2H3. The maximum absolute atomic E-state index is 12.5. The molecule has 2 aromatic rings. The second-order valence-electron chi connectivity index (χ2n) is 4.13. The van der Waals surface area contributed by atoms with Gasteiger partial charge in [0, 0.05) is 16.4 Å². The predicted octanol–water partition coefficient (Wildman–Crippen LogP) is 4.43. The summed E-state index contributed by atoms with van der Waals surface area (Å²) in [5.74, 6) is 0.238. The number of Topliss-reactive ketones (excluding diaryl/α,β-unsaturated/α-hetero) is 1. The van der Waals surface area contributed by atoms with Gasteiger partial charge in [-0.15, -0.1) is 11.3 Å². The monoisotopic (exact) mass is 244 g/mol. The Hall–Kier alpha value is -1.41. The summed E-state index contributed by atoms with van der Waals surface area (Å²) in [5, 5.41) is 1.99. The minimum atomic E-state index is -0.00972. The van der Waals surface area contributed by atoms with Crippen LogP contribution in [0.1, 0.15) is 40.1 Å². The summed E-state index contributed by atoms with van der Waals surface area (Å²) >= 11 is 1.63. The maximum atomic E-state index is 12.5. The zero-order valence-corrected chi connectivity index (χ0v) is 11.0. The Labute approximate surface area is 106 Å². The number of ketones is 1. The van der Waals surface area contributed by atoms with E-state index in [1.807, 2.05) is 48.7 Å². The van der Waals surface area contributed by atoms with E-state index in [-0.39, 0.29) is 11.7 Å². The topological polar surface area (TPSA) is 17.1 Å². The van der Waals surface area contributed by atoms with E-state index in [1.54, 1.807) is 11.3 Å². The van der Waals surface area contributed by atoms with Gasteiger partial charge in [-0.05, 0) is 30.4 Å². The summed E-state index contributed by atoms with van der Waals surface area (Å²) in [6.45, 7) is 4.08. The van der Waals surface area contributed by atoms with Crippen LogP contribution in [0.15, 0.2) is 41.8 Å². The molecular formula is C15H16OS. The van der Waals surface area contributed by atoms with Crippen LogP contribution in [0, 0.1) is 6.92 Å². The van der Waals surface area contributed by atoms with E-state index < -0.39 is 0 Å². The summed E-state index contributed by atoms with van der Waals surface area (Å²) in [6, 6.07) is 12.0. The van der Waals surface area contributed by atoms with Gasteiger partial charge in [-0.1, -0.05) is 37.3 Å². The van der Waals surface area contributed by atoms with E-state index in [0.29, 0.717) is 0 Å². The molecule has 0 saturated carbocycles. The van der Waals surface area contributed by atoms with Gasteiger partial charge in [-0.2, -0.15) is 0 Å². The van der Waals surface area contributed by atoms with E-state index in [2.05, 4.69) is 6.92 Å². The smallest absolute Gasteiger partial charge is 0.171 e. The molecule has 2 rings (SSSR count). The van der Waals surface area contributed by atoms with Crippen molar-refractivity contribution in [2.24, 2.45) is 0 Å². The quantitative estimate of drug-likeness (QED) is 0.727. The molecule has 1 heterocycles. The van der Waals surface area contributed by atoms with Crippen molar-refractivity contribution in [3.8, 4) is 0 Å². The molecule has 1 aromatic heterocycles. The number of carbonyl (C=O) groups excluding carboxylic acids is 1. The Kier molecular flexibility index (Phi) is 3.75. The SMILES string of the molecule is CCC(C(=O)c1ccsc1C)c1ccccc1. The molecule has 0 radical (unpaired) electrons. The first kappa shape index (κ1) is 12.1. The number of carbonyl (C=O) groups is 1. The molecule has 0 fully saturated rings. The van der Waals surface area contributed by atoms with Crippen LogP contribution < -0.4 is 0 Å². The lowest BCUT2D eigenvalue weighted by molar-refractivity contribution is 0.0957. The Morgan fingerprint density at radius 1 is 1.24 bits per heavy atom. The summed E-state index contributed by atoms with van der Waals surface area (Å²) in [7, 11) is 0. The fourth-order valence-electron chi connectivity index (χ4n) is 2.09. The second-order valence-corrected chi connectivity index (χ2v) is 5.25. The highest BCUT2D eigenvalue weighted by molar-refractivity contribution is 7.10. The molecule has 0 spiro atoms. The molecule has 1 nitrogen and oxygen atoms in total. The molecule has 1 unspecified atom stereocenters. The molecule has 0 aliphatic rings. The first-order valence-electron chi connectivity index (χ1n) is 5.87. The van der Waals surface area contributed by atoms with E-state index in [4.69, 9.17) is 0 Å². The van der Waals surface area contributed by atoms with Crippen molar-refractivity contribution < 1.29 is 4.79 Å². The molecule has 17 heavy (non-hydrogen) atoms. The lowest BCUT2D eigenvalue weighted by Gasteiger charge is -2.13. The van der Waals surface area contributed by atoms with Crippen LogP contribution in [0.25, 0.3) is 0 Å². The number of hydrogen-bond acceptors (Lipinski definition) is 2. The number of hydrogen-bond donors (Lipinski definition) is 0. The fraction of sp³-hybridized carbons (Fsp3) is 0.267. The molecule has 0 bridgehead atoms. The number of thiophene rings is 1. The maximum Gasteiger partial charge on any atom is 0.171 e. The normalized spacial score (nSPS) is 12.4. The highest BCUT2D eigenvalue weighted by Gasteiger charge is 2.21. The highest BCUT2D eigenvalue weighted by Crippen LogP contribution is 2.27. The van der Waals surface area contributed by atoms with Crippen molar-refractivity contribution >= 4 is 17.1 Å². The van der Waals surface area contributed by atoms with Crippen LogP contribution in [0.4, 0.5) is 0 Å². The molecule has 0 N–H and O–H groups in total. The van der Waals surface area contributed by atoms with Crippen molar-refractivity contribution in [2.45, 2.75) is 26.2 Å². The third-order valence-electron chi connectivity index (χ3n) is 3.05. The van der Waals surface area contributed by atoms with Crippen LogP contribution in [0.3, 0.4) is 0 Å². The van der Waals surface area contributed by atoms with Gasteiger partial charge in [0.05, 0.1) is 0 Å². The van der Waals surface area contributed by atoms with Gasteiger partial charge in [0.2, 0.25) is 0 Å². The zero-order chi connectivity index (χ0) is 12.3. The van der Waals surface area contributed by atoms with E-state index >= 15 is 0 Å². The minimum absolute atomic E-state index is 0.00972. The first-order chi connectivity index (χ1) is 8.24. The summed E-state index contributed by atoms with van der Waals surface area (Å²) in [5.41, 5.74) is 2.00. The molecule has 0 saturated heterocycles. The van der Waals surface area contributed by atoms with Gasteiger partial charge in [-0.3, -0.25) is 4.79 Å². The molecule has 0 amide bonds. The van der Waals surface area contributed by atoms with Crippen molar-refractivity contribution in [3.63, 3.8) is 0 Å². The van der Waals surface area contributed by atoms with Gasteiger partial charge < -0.3 is 0 Å². The molecule has 2 heteroatoms. The van der Waals surface area contributed by atoms with Crippen LogP contribution in [0.5, 0.6) is 0 Å². The van der Waals surface area contributed by atoms with E-state index in [0.717, 1.165) is 22.4 Å². The number of rotatable bonds is 4. The Morgan fingerprint density at radius 3 is 2.47 bits per heavy atom. The van der Waals surface area contributed by atoms with Crippen LogP contribution in [0.2, 0.25) is 0 Å². The second kappa shape index (κ2) is 5.28. The average Bonchev–Trinajstić information content (AvgIpc) is 2.77. The van der Waals surface area contributed by atoms with Gasteiger partial charge in [-0.25, -0.2) is 0 Å². The zero-order valence-electron chi connectivity index (χ0n) is 10.1. The summed E-state index contributed by atoms with van der Waals surface area (Å²) in [6.07, 6.45) is 0.845. The van der Waals surface area contributed by atoms with Crippen molar-refractivity contribution in [1.29, 1.82) is 0 Å². The Balaban J connectivity index is 2.32. The van der Waals surface area contributed by atoms with E-state index in [1.165, 1.54) is 0 Å². The van der Waals surface area contributed by atoms with Gasteiger partial charge in [0.1, 0.15) is 0 Å². The summed E-state index contributed by atoms with van der Waals surface area (Å²) < 4.78 is 0. The van der Waals surface area contributed by atoms with Crippen LogP contribution in [-0.4, -0.2) is 5.78 Å². The van der Waals surface area contributed by atoms with Gasteiger partial charge in [0.25, 0.3) is 0 Å². The molecule has 1 aromatic carbocycles. The Bertz CT molecular complexity index is 499. The lowest BCUT2D eigenvalue weighted by Crippen LogP contribution is -2.12. The molecule has 0 aliphatic heterocycles. The van der Waals surface area contributed by atoms with Gasteiger partial charge >= 0.3 is 0 Å². The van der Waals surface area contributed by atoms with Crippen molar-refractivity contribution in [2.75, 3.05) is 0 Å².